The zero-order valence-corrected chi connectivity index (χ0v) is 17.5. The van der Waals surface area contributed by atoms with Crippen LogP contribution in [0.1, 0.15) is 54.8 Å². The Morgan fingerprint density at radius 2 is 1.72 bits per heavy atom. The van der Waals surface area contributed by atoms with Crippen LogP contribution in [0.15, 0.2) is 66.9 Å². The van der Waals surface area contributed by atoms with Crippen LogP contribution >= 0.6 is 12.2 Å². The Balaban J connectivity index is 1.65. The van der Waals surface area contributed by atoms with Crippen molar-refractivity contribution in [3.8, 4) is 5.69 Å². The number of hydrogen-bond donors (Lipinski definition) is 1. The minimum absolute atomic E-state index is 0.0427. The lowest BCUT2D eigenvalue weighted by Crippen LogP contribution is -2.38. The van der Waals surface area contributed by atoms with Gasteiger partial charge in [-0.3, -0.25) is 4.98 Å². The molecule has 2 atom stereocenters. The van der Waals surface area contributed by atoms with Crippen molar-refractivity contribution in [2.75, 3.05) is 0 Å². The molecule has 4 nitrogen and oxygen atoms in total. The number of rotatable bonds is 4. The molecule has 5 heteroatoms. The highest BCUT2D eigenvalue weighted by Gasteiger charge is 2.44. The van der Waals surface area contributed by atoms with Crippen molar-refractivity contribution in [3.63, 3.8) is 0 Å². The molecule has 5 rings (SSSR count). The van der Waals surface area contributed by atoms with Gasteiger partial charge in [-0.1, -0.05) is 37.1 Å². The van der Waals surface area contributed by atoms with Crippen LogP contribution in [0.3, 0.4) is 0 Å². The molecule has 2 unspecified atom stereocenters. The molecule has 3 aromatic rings. The molecule has 1 aromatic carbocycles. The van der Waals surface area contributed by atoms with Gasteiger partial charge in [0.2, 0.25) is 0 Å². The van der Waals surface area contributed by atoms with Crippen molar-refractivity contribution in [1.82, 2.24) is 19.8 Å². The normalized spacial score (nSPS) is 22.2. The minimum atomic E-state index is 0.0427. The topological polar surface area (TPSA) is 33.1 Å². The predicted molar refractivity (Wildman–Crippen MR) is 120 cm³/mol. The van der Waals surface area contributed by atoms with Crippen molar-refractivity contribution in [3.05, 3.63) is 83.9 Å². The monoisotopic (exact) mass is 402 g/mol. The number of para-hydroxylation sites is 1. The molecule has 0 bridgehead atoms. The molecule has 0 spiro atoms. The minimum Gasteiger partial charge on any atom is -0.352 e. The number of nitrogens with zero attached hydrogens (tertiary/aromatic N) is 3. The molecule has 3 heterocycles. The molecular formula is C24H26N4S. The maximum Gasteiger partial charge on any atom is 0.170 e. The Morgan fingerprint density at radius 1 is 0.966 bits per heavy atom. The van der Waals surface area contributed by atoms with E-state index >= 15 is 0 Å². The fraction of sp³-hybridized carbons (Fsp3) is 0.333. The Kier molecular flexibility index (Phi) is 4.84. The standard InChI is InChI=1S/C24H26N4S/c1-17-14-15-21(27(17)18-9-3-2-4-10-18)23-22(20-13-7-8-16-25-20)26-24(29)28(23)19-11-5-6-12-19/h2-4,7-10,13-16,19,22-23H,5-6,11-12H2,1H3,(H,26,29). The van der Waals surface area contributed by atoms with Gasteiger partial charge in [0.15, 0.2) is 5.11 Å². The highest BCUT2D eigenvalue weighted by molar-refractivity contribution is 7.80. The molecule has 1 aliphatic heterocycles. The summed E-state index contributed by atoms with van der Waals surface area (Å²) in [4.78, 5) is 7.15. The van der Waals surface area contributed by atoms with Gasteiger partial charge in [-0.15, -0.1) is 0 Å². The molecule has 29 heavy (non-hydrogen) atoms. The number of aryl methyl sites for hydroxylation is 1. The van der Waals surface area contributed by atoms with Gasteiger partial charge in [0.1, 0.15) is 0 Å². The van der Waals surface area contributed by atoms with Gasteiger partial charge in [0, 0.05) is 29.3 Å². The number of aromatic nitrogens is 2. The van der Waals surface area contributed by atoms with E-state index in [2.05, 4.69) is 81.3 Å². The maximum atomic E-state index is 5.88. The van der Waals surface area contributed by atoms with Crippen LogP contribution in [0.25, 0.3) is 5.69 Å². The fourth-order valence-corrected chi connectivity index (χ4v) is 5.37. The molecule has 1 saturated heterocycles. The van der Waals surface area contributed by atoms with E-state index in [1.165, 1.54) is 42.8 Å². The molecule has 1 N–H and O–H groups in total. The quantitative estimate of drug-likeness (QED) is 0.616. The molecule has 2 aliphatic rings. The number of pyridine rings is 1. The first kappa shape index (κ1) is 18.4. The van der Waals surface area contributed by atoms with Crippen LogP contribution in [0.5, 0.6) is 0 Å². The number of benzene rings is 1. The highest BCUT2D eigenvalue weighted by Crippen LogP contribution is 2.43. The van der Waals surface area contributed by atoms with Crippen LogP contribution in [0, 0.1) is 6.92 Å². The summed E-state index contributed by atoms with van der Waals surface area (Å²) in [5.41, 5.74) is 4.73. The third-order valence-electron chi connectivity index (χ3n) is 6.28. The molecule has 0 amide bonds. The second-order valence-corrected chi connectivity index (χ2v) is 8.43. The van der Waals surface area contributed by atoms with Gasteiger partial charge in [0.05, 0.1) is 17.8 Å². The van der Waals surface area contributed by atoms with Gasteiger partial charge in [0.25, 0.3) is 0 Å². The van der Waals surface area contributed by atoms with E-state index in [0.717, 1.165) is 10.8 Å². The summed E-state index contributed by atoms with van der Waals surface area (Å²) in [5, 5.41) is 4.47. The smallest absolute Gasteiger partial charge is 0.170 e. The Labute approximate surface area is 177 Å². The highest BCUT2D eigenvalue weighted by atomic mass is 32.1. The number of thiocarbonyl (C=S) groups is 1. The summed E-state index contributed by atoms with van der Waals surface area (Å²) >= 11 is 5.88. The van der Waals surface area contributed by atoms with Crippen LogP contribution in [0.4, 0.5) is 0 Å². The predicted octanol–water partition coefficient (Wildman–Crippen LogP) is 5.10. The number of hydrogen-bond acceptors (Lipinski definition) is 2. The van der Waals surface area contributed by atoms with E-state index in [0.29, 0.717) is 6.04 Å². The summed E-state index contributed by atoms with van der Waals surface area (Å²) in [6, 6.07) is 21.9. The lowest BCUT2D eigenvalue weighted by Gasteiger charge is -2.33. The average Bonchev–Trinajstić information content (AvgIpc) is 3.48. The first-order chi connectivity index (χ1) is 14.2. The van der Waals surface area contributed by atoms with Crippen LogP contribution in [-0.4, -0.2) is 25.6 Å². The molecule has 1 saturated carbocycles. The van der Waals surface area contributed by atoms with Gasteiger partial charge in [-0.25, -0.2) is 0 Å². The molecule has 0 radical (unpaired) electrons. The molecule has 2 fully saturated rings. The van der Waals surface area contributed by atoms with Gasteiger partial charge >= 0.3 is 0 Å². The first-order valence-electron chi connectivity index (χ1n) is 10.5. The summed E-state index contributed by atoms with van der Waals surface area (Å²) in [6.07, 6.45) is 6.85. The van der Waals surface area contributed by atoms with E-state index in [1.807, 2.05) is 12.3 Å². The molecular weight excluding hydrogens is 376 g/mol. The maximum absolute atomic E-state index is 5.88. The summed E-state index contributed by atoms with van der Waals surface area (Å²) in [6.45, 7) is 2.17. The Morgan fingerprint density at radius 3 is 2.45 bits per heavy atom. The zero-order chi connectivity index (χ0) is 19.8. The third kappa shape index (κ3) is 3.23. The summed E-state index contributed by atoms with van der Waals surface area (Å²) < 4.78 is 2.37. The SMILES string of the molecule is Cc1ccc(C2C(c3ccccn3)NC(=S)N2C2CCCC2)n1-c1ccccc1. The van der Waals surface area contributed by atoms with Crippen LogP contribution < -0.4 is 5.32 Å². The molecule has 1 aliphatic carbocycles. The summed E-state index contributed by atoms with van der Waals surface area (Å²) in [5.74, 6) is 0. The van der Waals surface area contributed by atoms with Crippen molar-refractivity contribution in [2.45, 2.75) is 50.7 Å². The molecule has 2 aromatic heterocycles. The van der Waals surface area contributed by atoms with Crippen LogP contribution in [0.2, 0.25) is 0 Å². The first-order valence-corrected chi connectivity index (χ1v) is 10.9. The van der Waals surface area contributed by atoms with Crippen LogP contribution in [-0.2, 0) is 0 Å². The van der Waals surface area contributed by atoms with Crippen molar-refractivity contribution in [1.29, 1.82) is 0 Å². The average molecular weight is 403 g/mol. The summed E-state index contributed by atoms with van der Waals surface area (Å²) in [7, 11) is 0. The molecule has 148 valence electrons. The van der Waals surface area contributed by atoms with Gasteiger partial charge in [-0.2, -0.15) is 0 Å². The van der Waals surface area contributed by atoms with Crippen molar-refractivity contribution in [2.24, 2.45) is 0 Å². The second-order valence-electron chi connectivity index (χ2n) is 8.04. The van der Waals surface area contributed by atoms with Gasteiger partial charge in [-0.05, 0) is 68.4 Å². The lowest BCUT2D eigenvalue weighted by molar-refractivity contribution is 0.239. The Bertz CT molecular complexity index is 992. The van der Waals surface area contributed by atoms with E-state index in [9.17, 15) is 0 Å². The number of nitrogens with one attached hydrogen (secondary N) is 1. The van der Waals surface area contributed by atoms with E-state index in [-0.39, 0.29) is 12.1 Å². The van der Waals surface area contributed by atoms with E-state index in [4.69, 9.17) is 12.2 Å². The van der Waals surface area contributed by atoms with Crippen molar-refractivity contribution < 1.29 is 0 Å². The van der Waals surface area contributed by atoms with E-state index < -0.39 is 0 Å². The largest absolute Gasteiger partial charge is 0.352 e. The zero-order valence-electron chi connectivity index (χ0n) is 16.7. The fourth-order valence-electron chi connectivity index (χ4n) is 4.98. The lowest BCUT2D eigenvalue weighted by atomic mass is 9.99. The second kappa shape index (κ2) is 7.64. The third-order valence-corrected chi connectivity index (χ3v) is 6.61. The van der Waals surface area contributed by atoms with E-state index in [1.54, 1.807) is 0 Å². The van der Waals surface area contributed by atoms with Crippen molar-refractivity contribution >= 4 is 17.3 Å². The van der Waals surface area contributed by atoms with Gasteiger partial charge < -0.3 is 14.8 Å². The Hall–Kier alpha value is -2.66.